The minimum absolute atomic E-state index is 0.00926. The van der Waals surface area contributed by atoms with Crippen molar-refractivity contribution in [1.82, 2.24) is 0 Å². The highest BCUT2D eigenvalue weighted by atomic mass is 16.5. The van der Waals surface area contributed by atoms with E-state index in [0.29, 0.717) is 0 Å². The van der Waals surface area contributed by atoms with Crippen LogP contribution >= 0.6 is 0 Å². The quantitative estimate of drug-likeness (QED) is 0.620. The summed E-state index contributed by atoms with van der Waals surface area (Å²) in [7, 11) is 1.50. The van der Waals surface area contributed by atoms with Crippen LogP contribution in [-0.4, -0.2) is 36.0 Å². The van der Waals surface area contributed by atoms with Gasteiger partial charge < -0.3 is 14.6 Å². The second-order valence-electron chi connectivity index (χ2n) is 9.29. The summed E-state index contributed by atoms with van der Waals surface area (Å²) in [5.74, 6) is 0.469. The van der Waals surface area contributed by atoms with Crippen LogP contribution in [0, 0.1) is 22.7 Å². The van der Waals surface area contributed by atoms with Crippen LogP contribution in [-0.2, 0) is 14.3 Å². The molecule has 1 aliphatic heterocycles. The Morgan fingerprint density at radius 2 is 1.88 bits per heavy atom. The lowest BCUT2D eigenvalue weighted by Crippen LogP contribution is -2.66. The zero-order chi connectivity index (χ0) is 18.5. The van der Waals surface area contributed by atoms with Gasteiger partial charge in [0, 0.05) is 0 Å². The van der Waals surface area contributed by atoms with Crippen LogP contribution < -0.4 is 0 Å². The van der Waals surface area contributed by atoms with Crippen molar-refractivity contribution < 1.29 is 19.4 Å². The molecule has 4 heteroatoms. The number of fused-ring (bicyclic) bond motifs is 3. The predicted octanol–water partition coefficient (Wildman–Crippen LogP) is 3.87. The molecule has 2 saturated carbocycles. The maximum atomic E-state index is 12.6. The Hall–Kier alpha value is -0.870. The van der Waals surface area contributed by atoms with Crippen LogP contribution in [0.3, 0.4) is 0 Å². The van der Waals surface area contributed by atoms with Gasteiger partial charge in [-0.3, -0.25) is 4.79 Å². The Balaban J connectivity index is 2.00. The largest absolute Gasteiger partial charge is 0.469 e. The van der Waals surface area contributed by atoms with E-state index in [9.17, 15) is 9.90 Å². The van der Waals surface area contributed by atoms with E-state index in [1.54, 1.807) is 0 Å². The second kappa shape index (κ2) is 6.09. The molecule has 0 radical (unpaired) electrons. The Labute approximate surface area is 152 Å². The molecule has 0 amide bonds. The van der Waals surface area contributed by atoms with Crippen molar-refractivity contribution in [2.24, 2.45) is 22.7 Å². The smallest absolute Gasteiger partial charge is 0.311 e. The van der Waals surface area contributed by atoms with Gasteiger partial charge in [0.2, 0.25) is 0 Å². The molecule has 0 aromatic rings. The van der Waals surface area contributed by atoms with E-state index in [1.165, 1.54) is 7.11 Å². The highest BCUT2D eigenvalue weighted by Crippen LogP contribution is 2.65. The fourth-order valence-electron chi connectivity index (χ4n) is 6.65. The number of methoxy groups -OCH3 is 1. The number of hydrogen-bond acceptors (Lipinski definition) is 4. The maximum Gasteiger partial charge on any atom is 0.311 e. The summed E-state index contributed by atoms with van der Waals surface area (Å²) >= 11 is 0. The van der Waals surface area contributed by atoms with Crippen molar-refractivity contribution in [1.29, 1.82) is 0 Å². The molecule has 142 valence electrons. The molecule has 1 N–H and O–H groups in total. The molecule has 1 heterocycles. The first-order chi connectivity index (χ1) is 11.7. The average Bonchev–Trinajstić information content (AvgIpc) is 2.60. The van der Waals surface area contributed by atoms with Crippen LogP contribution in [0.25, 0.3) is 0 Å². The summed E-state index contributed by atoms with van der Waals surface area (Å²) in [6.45, 7) is 10.5. The summed E-state index contributed by atoms with van der Waals surface area (Å²) in [6, 6.07) is 0. The topological polar surface area (TPSA) is 55.8 Å². The number of esters is 1. The van der Waals surface area contributed by atoms with E-state index < -0.39 is 11.0 Å². The van der Waals surface area contributed by atoms with E-state index in [1.807, 2.05) is 6.08 Å². The standard InChI is InChI=1S/C21H34O4/c1-6-18(2)12-8-16-19(3)10-7-11-20(4,17(23)24-5)15(19)9-13-21(16,14-22)25-18/h6,15-16,22H,1,7-14H2,2-5H3/t15?,16?,18-,19-,20-,21-/m0/s1. The van der Waals surface area contributed by atoms with Gasteiger partial charge >= 0.3 is 5.97 Å². The Kier molecular flexibility index (Phi) is 4.61. The van der Waals surface area contributed by atoms with Crippen LogP contribution in [0.4, 0.5) is 0 Å². The number of rotatable bonds is 3. The maximum absolute atomic E-state index is 12.6. The van der Waals surface area contributed by atoms with Crippen LogP contribution in [0.1, 0.15) is 65.7 Å². The summed E-state index contributed by atoms with van der Waals surface area (Å²) in [4.78, 5) is 12.6. The van der Waals surface area contributed by atoms with Crippen molar-refractivity contribution >= 4 is 5.97 Å². The van der Waals surface area contributed by atoms with Crippen molar-refractivity contribution in [3.05, 3.63) is 12.7 Å². The van der Waals surface area contributed by atoms with Gasteiger partial charge in [-0.1, -0.05) is 19.4 Å². The van der Waals surface area contributed by atoms with Crippen molar-refractivity contribution in [3.8, 4) is 0 Å². The third-order valence-electron chi connectivity index (χ3n) is 7.98. The zero-order valence-electron chi connectivity index (χ0n) is 16.3. The van der Waals surface area contributed by atoms with E-state index in [0.717, 1.165) is 44.9 Å². The van der Waals surface area contributed by atoms with Gasteiger partial charge in [0.15, 0.2) is 0 Å². The lowest BCUT2D eigenvalue weighted by molar-refractivity contribution is -0.272. The lowest BCUT2D eigenvalue weighted by atomic mass is 9.44. The van der Waals surface area contributed by atoms with E-state index in [2.05, 4.69) is 27.4 Å². The molecule has 6 atom stereocenters. The van der Waals surface area contributed by atoms with Crippen LogP contribution in [0.5, 0.6) is 0 Å². The summed E-state index contributed by atoms with van der Waals surface area (Å²) in [5.41, 5.74) is -1.32. The van der Waals surface area contributed by atoms with Crippen LogP contribution in [0.2, 0.25) is 0 Å². The highest BCUT2D eigenvalue weighted by molar-refractivity contribution is 5.77. The number of aliphatic hydroxyl groups is 1. The molecule has 2 aliphatic carbocycles. The molecule has 0 aromatic heterocycles. The summed E-state index contributed by atoms with van der Waals surface area (Å²) in [5, 5.41) is 10.3. The number of carbonyl (C=O) groups excluding carboxylic acids is 1. The molecule has 4 nitrogen and oxygen atoms in total. The van der Waals surface area contributed by atoms with Crippen LogP contribution in [0.15, 0.2) is 12.7 Å². The third-order valence-corrected chi connectivity index (χ3v) is 7.98. The second-order valence-corrected chi connectivity index (χ2v) is 9.29. The monoisotopic (exact) mass is 350 g/mol. The molecular weight excluding hydrogens is 316 g/mol. The number of ether oxygens (including phenoxy) is 2. The number of carbonyl (C=O) groups is 1. The fourth-order valence-corrected chi connectivity index (χ4v) is 6.65. The molecule has 3 aliphatic rings. The minimum Gasteiger partial charge on any atom is -0.469 e. The zero-order valence-corrected chi connectivity index (χ0v) is 16.3. The lowest BCUT2D eigenvalue weighted by Gasteiger charge is -2.65. The fraction of sp³-hybridized carbons (Fsp3) is 0.857. The van der Waals surface area contributed by atoms with Crippen molar-refractivity contribution in [2.75, 3.05) is 13.7 Å². The molecule has 3 rings (SSSR count). The number of aliphatic hydroxyl groups excluding tert-OH is 1. The molecular formula is C21H34O4. The van der Waals surface area contributed by atoms with Gasteiger partial charge in [-0.25, -0.2) is 0 Å². The van der Waals surface area contributed by atoms with E-state index in [-0.39, 0.29) is 35.4 Å². The molecule has 25 heavy (non-hydrogen) atoms. The van der Waals surface area contributed by atoms with Gasteiger partial charge in [0.25, 0.3) is 0 Å². The average molecular weight is 350 g/mol. The third kappa shape index (κ3) is 2.59. The van der Waals surface area contributed by atoms with Gasteiger partial charge in [0.05, 0.1) is 30.3 Å². The first-order valence-electron chi connectivity index (χ1n) is 9.73. The molecule has 0 bridgehead atoms. The summed E-state index contributed by atoms with van der Waals surface area (Å²) in [6.07, 6.45) is 8.50. The predicted molar refractivity (Wildman–Crippen MR) is 97.0 cm³/mol. The Morgan fingerprint density at radius 1 is 1.20 bits per heavy atom. The Morgan fingerprint density at radius 3 is 2.48 bits per heavy atom. The minimum atomic E-state index is -0.513. The first-order valence-corrected chi connectivity index (χ1v) is 9.73. The van der Waals surface area contributed by atoms with Crippen molar-refractivity contribution in [2.45, 2.75) is 76.9 Å². The summed E-state index contributed by atoms with van der Waals surface area (Å²) < 4.78 is 11.7. The first kappa shape index (κ1) is 18.9. The molecule has 1 saturated heterocycles. The van der Waals surface area contributed by atoms with Crippen molar-refractivity contribution in [3.63, 3.8) is 0 Å². The highest BCUT2D eigenvalue weighted by Gasteiger charge is 2.65. The number of hydrogen-bond donors (Lipinski definition) is 1. The molecule has 0 aromatic carbocycles. The van der Waals surface area contributed by atoms with E-state index >= 15 is 0 Å². The molecule has 3 fully saturated rings. The Bertz CT molecular complexity index is 560. The normalized spacial score (nSPS) is 49.6. The van der Waals surface area contributed by atoms with E-state index in [4.69, 9.17) is 9.47 Å². The SMILES string of the molecule is C=C[C@@]1(C)CCC2[C@@](CO)(CCC3[C@]2(C)CCC[C@]3(C)C(=O)OC)O1. The van der Waals surface area contributed by atoms with Gasteiger partial charge in [0.1, 0.15) is 0 Å². The molecule has 2 unspecified atom stereocenters. The van der Waals surface area contributed by atoms with Gasteiger partial charge in [-0.05, 0) is 69.6 Å². The molecule has 0 spiro atoms. The van der Waals surface area contributed by atoms with Gasteiger partial charge in [-0.2, -0.15) is 0 Å². The van der Waals surface area contributed by atoms with Gasteiger partial charge in [-0.15, -0.1) is 6.58 Å².